The molecule has 0 bridgehead atoms. The van der Waals surface area contributed by atoms with E-state index in [9.17, 15) is 0 Å². The molecule has 0 saturated carbocycles. The third kappa shape index (κ3) is 9.01. The number of benzene rings is 12. The Morgan fingerprint density at radius 2 is 0.575 bits per heavy atom. The van der Waals surface area contributed by atoms with E-state index >= 15 is 0 Å². The van der Waals surface area contributed by atoms with Crippen molar-refractivity contribution in [3.63, 3.8) is 0 Å². The quantitative estimate of drug-likeness (QED) is 0.114. The molecule has 0 fully saturated rings. The molecule has 388 valence electrons. The van der Waals surface area contributed by atoms with E-state index in [0.29, 0.717) is 11.8 Å². The number of hydrogen-bond donors (Lipinski definition) is 0. The van der Waals surface area contributed by atoms with Crippen LogP contribution in [0, 0.1) is 0 Å². The lowest BCUT2D eigenvalue weighted by atomic mass is 9.82. The predicted molar refractivity (Wildman–Crippen MR) is 337 cm³/mol. The normalized spacial score (nSPS) is 11.6. The van der Waals surface area contributed by atoms with Gasteiger partial charge in [-0.1, -0.05) is 235 Å². The molecule has 80 heavy (non-hydrogen) atoms. The lowest BCUT2D eigenvalue weighted by Crippen LogP contribution is -1.99. The van der Waals surface area contributed by atoms with Crippen LogP contribution in [-0.2, 0) is 25.7 Å². The summed E-state index contributed by atoms with van der Waals surface area (Å²) in [6.45, 7) is 8.96. The second kappa shape index (κ2) is 21.8. The van der Waals surface area contributed by atoms with Gasteiger partial charge >= 0.3 is 0 Å². The minimum Gasteiger partial charge on any atom is -0.436 e. The van der Waals surface area contributed by atoms with Crippen LogP contribution in [0.25, 0.3) is 133 Å². The Morgan fingerprint density at radius 1 is 0.287 bits per heavy atom. The number of rotatable bonds is 12. The van der Waals surface area contributed by atoms with Gasteiger partial charge in [-0.15, -0.1) is 0 Å². The molecular weight excluding hydrogens is 973 g/mol. The van der Waals surface area contributed by atoms with Gasteiger partial charge in [-0.05, 0) is 172 Å². The highest BCUT2D eigenvalue weighted by Gasteiger charge is 2.24. The molecule has 0 saturated heterocycles. The summed E-state index contributed by atoms with van der Waals surface area (Å²) in [5.41, 5.74) is 21.1. The molecule has 14 aromatic rings. The van der Waals surface area contributed by atoms with E-state index in [1.807, 2.05) is 48.5 Å². The molecule has 0 amide bonds. The van der Waals surface area contributed by atoms with E-state index in [4.69, 9.17) is 18.8 Å². The van der Waals surface area contributed by atoms with Crippen LogP contribution in [0.15, 0.2) is 239 Å². The summed E-state index contributed by atoms with van der Waals surface area (Å²) < 4.78 is 12.5. The summed E-state index contributed by atoms with van der Waals surface area (Å²) in [5, 5.41) is 10.3. The molecule has 0 unspecified atom stereocenters. The highest BCUT2D eigenvalue weighted by Crippen LogP contribution is 2.48. The lowest BCUT2D eigenvalue weighted by molar-refractivity contribution is 0.618. The van der Waals surface area contributed by atoms with Crippen LogP contribution in [0.2, 0.25) is 0 Å². The van der Waals surface area contributed by atoms with Crippen LogP contribution >= 0.6 is 0 Å². The summed E-state index contributed by atoms with van der Waals surface area (Å²) in [6, 6.07) is 82.7. The second-order valence-electron chi connectivity index (χ2n) is 20.9. The van der Waals surface area contributed by atoms with Crippen molar-refractivity contribution in [2.45, 2.75) is 66.2 Å². The molecule has 0 N–H and O–H groups in total. The Hall–Kier alpha value is -9.38. The number of oxazole rings is 2. The van der Waals surface area contributed by atoms with Crippen LogP contribution in [-0.4, -0.2) is 9.97 Å². The summed E-state index contributed by atoms with van der Waals surface area (Å²) in [6.07, 6.45) is 5.86. The summed E-state index contributed by atoms with van der Waals surface area (Å²) in [4.78, 5) is 9.76. The number of fused-ring (bicyclic) bond motifs is 6. The maximum absolute atomic E-state index is 6.31. The highest BCUT2D eigenvalue weighted by molar-refractivity contribution is 6.23. The van der Waals surface area contributed by atoms with Crippen molar-refractivity contribution >= 4 is 65.3 Å². The first-order chi connectivity index (χ1) is 39.5. The monoisotopic (exact) mass is 1030 g/mol. The van der Waals surface area contributed by atoms with Crippen LogP contribution in [0.3, 0.4) is 0 Å². The Balaban J connectivity index is 0.000000151. The van der Waals surface area contributed by atoms with E-state index in [1.54, 1.807) is 0 Å². The molecule has 2 heterocycles. The zero-order valence-corrected chi connectivity index (χ0v) is 45.9. The van der Waals surface area contributed by atoms with Crippen LogP contribution in [0.5, 0.6) is 0 Å². The van der Waals surface area contributed by atoms with Crippen molar-refractivity contribution in [2.24, 2.45) is 0 Å². The third-order valence-electron chi connectivity index (χ3n) is 16.0. The fourth-order valence-electron chi connectivity index (χ4n) is 12.4. The maximum Gasteiger partial charge on any atom is 0.227 e. The molecule has 12 aromatic carbocycles. The largest absolute Gasteiger partial charge is 0.436 e. The highest BCUT2D eigenvalue weighted by atomic mass is 16.4. The van der Waals surface area contributed by atoms with Crippen molar-refractivity contribution in [1.29, 1.82) is 0 Å². The smallest absolute Gasteiger partial charge is 0.227 e. The van der Waals surface area contributed by atoms with Gasteiger partial charge in [0.2, 0.25) is 11.8 Å². The topological polar surface area (TPSA) is 52.1 Å². The molecule has 0 spiro atoms. The molecule has 14 rings (SSSR count). The van der Waals surface area contributed by atoms with Crippen LogP contribution in [0.4, 0.5) is 0 Å². The Kier molecular flexibility index (Phi) is 13.7. The molecule has 2 aromatic heterocycles. The van der Waals surface area contributed by atoms with E-state index in [-0.39, 0.29) is 0 Å². The van der Waals surface area contributed by atoms with E-state index in [2.05, 4.69) is 210 Å². The average molecular weight is 1040 g/mol. The number of hydrogen-bond acceptors (Lipinski definition) is 4. The molecule has 0 radical (unpaired) electrons. The average Bonchev–Trinajstić information content (AvgIpc) is 4.18. The SMILES string of the molecule is CCCc1cc(-c2c3ccccc3c(-c3ccccc3)c3ccccc23)c(CCC)cc1-c1nc2ccccc2o1.CCc1cc(-c2c3ccccc3c(-c3ccccc3)c3ccccc23)c(CC)cc1-c1nc2ccccc2o1. The number of aryl methyl sites for hydroxylation is 4. The number of nitrogens with zero attached hydrogens (tertiary/aromatic N) is 2. The van der Waals surface area contributed by atoms with Gasteiger partial charge in [0.05, 0.1) is 0 Å². The second-order valence-corrected chi connectivity index (χ2v) is 20.9. The van der Waals surface area contributed by atoms with Gasteiger partial charge in [0.25, 0.3) is 0 Å². The van der Waals surface area contributed by atoms with Crippen LogP contribution in [0.1, 0.15) is 62.8 Å². The van der Waals surface area contributed by atoms with E-state index < -0.39 is 0 Å². The molecule has 0 aliphatic carbocycles. The Morgan fingerprint density at radius 3 is 0.963 bits per heavy atom. The minimum absolute atomic E-state index is 0.698. The maximum atomic E-state index is 6.31. The van der Waals surface area contributed by atoms with Gasteiger partial charge in [-0.3, -0.25) is 0 Å². The standard InChI is InChI=1S/C39H33NO.C37H29NO/c1-3-14-27-25-34(39-40-35-22-12-13-23-36(35)41-39)28(15-4-2)24-33(27)38-31-20-10-8-18-29(31)37(26-16-6-5-7-17-26)30-19-9-11-21-32(30)38;1-3-24-23-32(37-38-33-20-12-13-21-34(33)39-37)25(4-2)22-31(24)36-29-18-10-8-16-27(29)35(26-14-6-5-7-15-26)28-17-9-11-19-30(28)36/h5-13,16-25H,3-4,14-15H2,1-2H3;5-23H,3-4H2,1-2H3. The molecule has 0 aliphatic heterocycles. The van der Waals surface area contributed by atoms with Crippen molar-refractivity contribution in [3.8, 4) is 67.4 Å². The Bertz CT molecular complexity index is 4400. The summed E-state index contributed by atoms with van der Waals surface area (Å²) in [5.74, 6) is 1.41. The van der Waals surface area contributed by atoms with Crippen molar-refractivity contribution in [2.75, 3.05) is 0 Å². The zero-order valence-electron chi connectivity index (χ0n) is 45.9. The van der Waals surface area contributed by atoms with E-state index in [1.165, 1.54) is 110 Å². The molecule has 0 atom stereocenters. The number of aromatic nitrogens is 2. The predicted octanol–water partition coefficient (Wildman–Crippen LogP) is 21.3. The van der Waals surface area contributed by atoms with Gasteiger partial charge in [0, 0.05) is 11.1 Å². The fraction of sp³-hybridized carbons (Fsp3) is 0.132. The van der Waals surface area contributed by atoms with Gasteiger partial charge < -0.3 is 8.83 Å². The lowest BCUT2D eigenvalue weighted by Gasteiger charge is -2.21. The van der Waals surface area contributed by atoms with Crippen molar-refractivity contribution < 1.29 is 8.83 Å². The molecule has 0 aliphatic rings. The van der Waals surface area contributed by atoms with Crippen LogP contribution < -0.4 is 0 Å². The molecule has 4 nitrogen and oxygen atoms in total. The third-order valence-corrected chi connectivity index (χ3v) is 16.0. The fourth-order valence-corrected chi connectivity index (χ4v) is 12.4. The molecular formula is C76H62N2O2. The van der Waals surface area contributed by atoms with Crippen molar-refractivity contribution in [3.05, 3.63) is 253 Å². The zero-order chi connectivity index (χ0) is 54.1. The van der Waals surface area contributed by atoms with Gasteiger partial charge in [-0.25, -0.2) is 9.97 Å². The van der Waals surface area contributed by atoms with Gasteiger partial charge in [0.1, 0.15) is 11.0 Å². The number of para-hydroxylation sites is 4. The van der Waals surface area contributed by atoms with Gasteiger partial charge in [-0.2, -0.15) is 0 Å². The van der Waals surface area contributed by atoms with Crippen molar-refractivity contribution in [1.82, 2.24) is 9.97 Å². The van der Waals surface area contributed by atoms with Gasteiger partial charge in [0.15, 0.2) is 11.2 Å². The first-order valence-electron chi connectivity index (χ1n) is 28.5. The summed E-state index contributed by atoms with van der Waals surface area (Å²) >= 11 is 0. The molecule has 4 heteroatoms. The Labute approximate surface area is 468 Å². The first-order valence-corrected chi connectivity index (χ1v) is 28.5. The first kappa shape index (κ1) is 50.1. The summed E-state index contributed by atoms with van der Waals surface area (Å²) in [7, 11) is 0. The van der Waals surface area contributed by atoms with E-state index in [0.717, 1.165) is 71.9 Å². The minimum atomic E-state index is 0.698.